The van der Waals surface area contributed by atoms with E-state index in [-0.39, 0.29) is 6.10 Å². The number of nitrogens with zero attached hydrogens (tertiary/aromatic N) is 1. The summed E-state index contributed by atoms with van der Waals surface area (Å²) in [6.07, 6.45) is 0.421. The lowest BCUT2D eigenvalue weighted by Crippen LogP contribution is -2.11. The van der Waals surface area contributed by atoms with E-state index in [9.17, 15) is 5.11 Å². The van der Waals surface area contributed by atoms with Gasteiger partial charge in [0.2, 0.25) is 0 Å². The first-order valence-electron chi connectivity index (χ1n) is 6.27. The molecule has 1 heterocycles. The van der Waals surface area contributed by atoms with E-state index in [0.29, 0.717) is 12.5 Å². The van der Waals surface area contributed by atoms with Crippen molar-refractivity contribution in [2.75, 3.05) is 0 Å². The molecule has 0 saturated heterocycles. The van der Waals surface area contributed by atoms with Crippen LogP contribution >= 0.6 is 0 Å². The third-order valence-corrected chi connectivity index (χ3v) is 3.10. The topological polar surface area (TPSA) is 25.2 Å². The molecule has 0 aliphatic carbocycles. The predicted molar refractivity (Wildman–Crippen MR) is 72.4 cm³/mol. The fraction of sp³-hybridized carbons (Fsp3) is 0.467. The molecule has 17 heavy (non-hydrogen) atoms. The van der Waals surface area contributed by atoms with Crippen molar-refractivity contribution in [2.24, 2.45) is 0 Å². The Morgan fingerprint density at radius 2 is 1.88 bits per heavy atom. The second-order valence-corrected chi connectivity index (χ2v) is 5.21. The fourth-order valence-corrected chi connectivity index (χ4v) is 2.48. The number of aliphatic hydroxyl groups is 1. The van der Waals surface area contributed by atoms with Gasteiger partial charge in [-0.25, -0.2) is 0 Å². The van der Waals surface area contributed by atoms with Crippen LogP contribution in [0, 0.1) is 6.92 Å². The van der Waals surface area contributed by atoms with E-state index in [2.05, 4.69) is 49.6 Å². The summed E-state index contributed by atoms with van der Waals surface area (Å²) in [5, 5.41) is 10.9. The number of benzene rings is 1. The summed E-state index contributed by atoms with van der Waals surface area (Å²) < 4.78 is 2.32. The highest BCUT2D eigenvalue weighted by Crippen LogP contribution is 2.25. The monoisotopic (exact) mass is 231 g/mol. The molecule has 2 nitrogen and oxygen atoms in total. The standard InChI is InChI=1S/C15H21NO/c1-10(2)16-14(8-12(4)17)9-13-7-11(3)5-6-15(13)16/h5-7,9-10,12,17H,8H2,1-4H3. The van der Waals surface area contributed by atoms with Gasteiger partial charge in [-0.2, -0.15) is 0 Å². The number of hydrogen-bond donors (Lipinski definition) is 1. The molecule has 1 aromatic carbocycles. The molecular formula is C15H21NO. The van der Waals surface area contributed by atoms with Gasteiger partial charge in [0, 0.05) is 29.1 Å². The number of aliphatic hydroxyl groups excluding tert-OH is 1. The van der Waals surface area contributed by atoms with Gasteiger partial charge in [0.05, 0.1) is 6.10 Å². The zero-order chi connectivity index (χ0) is 12.6. The zero-order valence-electron chi connectivity index (χ0n) is 11.1. The van der Waals surface area contributed by atoms with Gasteiger partial charge < -0.3 is 9.67 Å². The van der Waals surface area contributed by atoms with Crippen LogP contribution in [0.15, 0.2) is 24.3 Å². The van der Waals surface area contributed by atoms with E-state index in [4.69, 9.17) is 0 Å². The molecular weight excluding hydrogens is 210 g/mol. The van der Waals surface area contributed by atoms with Crippen LogP contribution in [-0.4, -0.2) is 15.8 Å². The summed E-state index contributed by atoms with van der Waals surface area (Å²) in [5.74, 6) is 0. The highest BCUT2D eigenvalue weighted by Gasteiger charge is 2.12. The molecule has 0 spiro atoms. The molecule has 2 aromatic rings. The third-order valence-electron chi connectivity index (χ3n) is 3.10. The maximum absolute atomic E-state index is 9.58. The lowest BCUT2D eigenvalue weighted by atomic mass is 10.1. The number of fused-ring (bicyclic) bond motifs is 1. The van der Waals surface area contributed by atoms with Crippen LogP contribution in [0.2, 0.25) is 0 Å². The summed E-state index contributed by atoms with van der Waals surface area (Å²) in [6, 6.07) is 9.15. The van der Waals surface area contributed by atoms with Crippen LogP contribution < -0.4 is 0 Å². The van der Waals surface area contributed by atoms with Crippen molar-refractivity contribution in [2.45, 2.75) is 46.3 Å². The predicted octanol–water partition coefficient (Wildman–Crippen LogP) is 3.45. The molecule has 0 radical (unpaired) electrons. The molecule has 1 unspecified atom stereocenters. The van der Waals surface area contributed by atoms with Gasteiger partial charge in [-0.15, -0.1) is 0 Å². The van der Waals surface area contributed by atoms with Crippen LogP contribution in [-0.2, 0) is 6.42 Å². The normalized spacial score (nSPS) is 13.5. The van der Waals surface area contributed by atoms with Crippen molar-refractivity contribution in [1.82, 2.24) is 4.57 Å². The molecule has 0 aliphatic rings. The third kappa shape index (κ3) is 2.37. The van der Waals surface area contributed by atoms with Crippen molar-refractivity contribution in [1.29, 1.82) is 0 Å². The molecule has 1 aromatic heterocycles. The number of rotatable bonds is 3. The van der Waals surface area contributed by atoms with E-state index in [1.165, 1.54) is 22.2 Å². The van der Waals surface area contributed by atoms with Crippen molar-refractivity contribution in [3.63, 3.8) is 0 Å². The van der Waals surface area contributed by atoms with Crippen molar-refractivity contribution < 1.29 is 5.11 Å². The summed E-state index contributed by atoms with van der Waals surface area (Å²) in [7, 11) is 0. The first kappa shape index (κ1) is 12.2. The Morgan fingerprint density at radius 3 is 2.47 bits per heavy atom. The van der Waals surface area contributed by atoms with Crippen molar-refractivity contribution in [3.8, 4) is 0 Å². The second kappa shape index (κ2) is 4.53. The maximum atomic E-state index is 9.58. The van der Waals surface area contributed by atoms with E-state index in [1.807, 2.05) is 6.92 Å². The fourth-order valence-electron chi connectivity index (χ4n) is 2.48. The van der Waals surface area contributed by atoms with Gasteiger partial charge >= 0.3 is 0 Å². The first-order valence-corrected chi connectivity index (χ1v) is 6.27. The van der Waals surface area contributed by atoms with E-state index < -0.39 is 0 Å². The minimum atomic E-state index is -0.294. The van der Waals surface area contributed by atoms with Crippen LogP contribution in [0.5, 0.6) is 0 Å². The molecule has 0 aliphatic heterocycles. The summed E-state index contributed by atoms with van der Waals surface area (Å²) in [6.45, 7) is 8.32. The van der Waals surface area contributed by atoms with Crippen LogP contribution in [0.3, 0.4) is 0 Å². The lowest BCUT2D eigenvalue weighted by Gasteiger charge is -2.15. The van der Waals surface area contributed by atoms with Gasteiger partial charge in [0.1, 0.15) is 0 Å². The van der Waals surface area contributed by atoms with E-state index >= 15 is 0 Å². The SMILES string of the molecule is Cc1ccc2c(c1)cc(CC(C)O)n2C(C)C. The molecule has 1 atom stereocenters. The quantitative estimate of drug-likeness (QED) is 0.860. The smallest absolute Gasteiger partial charge is 0.0566 e. The van der Waals surface area contributed by atoms with Crippen LogP contribution in [0.4, 0.5) is 0 Å². The highest BCUT2D eigenvalue weighted by molar-refractivity contribution is 5.82. The van der Waals surface area contributed by atoms with Crippen LogP contribution in [0.1, 0.15) is 38.1 Å². The van der Waals surface area contributed by atoms with Crippen LogP contribution in [0.25, 0.3) is 10.9 Å². The molecule has 0 saturated carbocycles. The Bertz CT molecular complexity index is 523. The average Bonchev–Trinajstić information content (AvgIpc) is 2.53. The molecule has 2 rings (SSSR count). The molecule has 1 N–H and O–H groups in total. The Hall–Kier alpha value is -1.28. The molecule has 0 bridgehead atoms. The summed E-state index contributed by atoms with van der Waals surface area (Å²) in [5.41, 5.74) is 3.76. The summed E-state index contributed by atoms with van der Waals surface area (Å²) >= 11 is 0. The molecule has 0 amide bonds. The Kier molecular flexibility index (Phi) is 3.25. The van der Waals surface area contributed by atoms with Gasteiger partial charge in [-0.3, -0.25) is 0 Å². The van der Waals surface area contributed by atoms with Gasteiger partial charge in [0.15, 0.2) is 0 Å². The average molecular weight is 231 g/mol. The highest BCUT2D eigenvalue weighted by atomic mass is 16.3. The van der Waals surface area contributed by atoms with E-state index in [0.717, 1.165) is 0 Å². The second-order valence-electron chi connectivity index (χ2n) is 5.21. The molecule has 0 fully saturated rings. The largest absolute Gasteiger partial charge is 0.393 e. The van der Waals surface area contributed by atoms with Crippen molar-refractivity contribution >= 4 is 10.9 Å². The first-order chi connectivity index (χ1) is 7.99. The maximum Gasteiger partial charge on any atom is 0.0566 e. The Labute approximate surface area is 103 Å². The van der Waals surface area contributed by atoms with E-state index in [1.54, 1.807) is 0 Å². The van der Waals surface area contributed by atoms with Gasteiger partial charge in [0.25, 0.3) is 0 Å². The number of aromatic nitrogens is 1. The Balaban J connectivity index is 2.61. The number of hydrogen-bond acceptors (Lipinski definition) is 1. The van der Waals surface area contributed by atoms with Gasteiger partial charge in [-0.05, 0) is 45.9 Å². The van der Waals surface area contributed by atoms with Crippen molar-refractivity contribution in [3.05, 3.63) is 35.5 Å². The molecule has 92 valence electrons. The Morgan fingerprint density at radius 1 is 1.18 bits per heavy atom. The lowest BCUT2D eigenvalue weighted by molar-refractivity contribution is 0.192. The number of aryl methyl sites for hydroxylation is 1. The molecule has 2 heteroatoms. The minimum Gasteiger partial charge on any atom is -0.393 e. The summed E-state index contributed by atoms with van der Waals surface area (Å²) in [4.78, 5) is 0. The minimum absolute atomic E-state index is 0.294. The van der Waals surface area contributed by atoms with Gasteiger partial charge in [-0.1, -0.05) is 11.6 Å². The zero-order valence-corrected chi connectivity index (χ0v) is 11.1.